The third-order valence-electron chi connectivity index (χ3n) is 4.10. The summed E-state index contributed by atoms with van der Waals surface area (Å²) in [4.78, 5) is 27.5. The van der Waals surface area contributed by atoms with Gasteiger partial charge in [-0.1, -0.05) is 41.7 Å². The van der Waals surface area contributed by atoms with Crippen LogP contribution in [0, 0.1) is 0 Å². The molecule has 29 heavy (non-hydrogen) atoms. The normalized spacial score (nSPS) is 15.7. The van der Waals surface area contributed by atoms with E-state index in [0.717, 1.165) is 15.8 Å². The first-order valence-corrected chi connectivity index (χ1v) is 9.71. The summed E-state index contributed by atoms with van der Waals surface area (Å²) in [5.41, 5.74) is 1.60. The van der Waals surface area contributed by atoms with Gasteiger partial charge in [0.25, 0.3) is 0 Å². The van der Waals surface area contributed by atoms with Crippen LogP contribution in [-0.2, 0) is 14.3 Å². The highest BCUT2D eigenvalue weighted by Gasteiger charge is 2.32. The van der Waals surface area contributed by atoms with Crippen LogP contribution in [0.3, 0.4) is 0 Å². The first kappa shape index (κ1) is 18.9. The second-order valence-corrected chi connectivity index (χ2v) is 7.39. The number of rotatable bonds is 5. The Kier molecular flexibility index (Phi) is 5.13. The van der Waals surface area contributed by atoms with Gasteiger partial charge < -0.3 is 14.8 Å². The lowest BCUT2D eigenvalue weighted by Gasteiger charge is -2.19. The first-order chi connectivity index (χ1) is 14.0. The number of hydrogen-bond acceptors (Lipinski definition) is 7. The summed E-state index contributed by atoms with van der Waals surface area (Å²) in [5, 5.41) is 8.78. The topological polar surface area (TPSA) is 93.1 Å². The van der Waals surface area contributed by atoms with E-state index in [4.69, 9.17) is 9.47 Å². The standard InChI is InChI=1S/C20H18N4O4S/c1-12(25)21-20-22-16-9-8-15(10-17(16)29-20)27-11-18-23-24(13(2)26)19(28-18)14-6-4-3-5-7-14/h3-10,19H,11H2,1-2H3,(H,21,22,25). The van der Waals surface area contributed by atoms with Crippen LogP contribution in [0.2, 0.25) is 0 Å². The molecule has 9 heteroatoms. The van der Waals surface area contributed by atoms with Crippen LogP contribution >= 0.6 is 11.3 Å². The molecule has 2 heterocycles. The van der Waals surface area contributed by atoms with Gasteiger partial charge in [-0.05, 0) is 18.2 Å². The Labute approximate surface area is 170 Å². The molecule has 1 aliphatic rings. The van der Waals surface area contributed by atoms with Gasteiger partial charge in [-0.2, -0.15) is 5.01 Å². The molecule has 0 radical (unpaired) electrons. The molecule has 0 aliphatic carbocycles. The van der Waals surface area contributed by atoms with E-state index in [1.54, 1.807) is 6.07 Å². The van der Waals surface area contributed by atoms with Crippen molar-refractivity contribution in [3.05, 3.63) is 54.1 Å². The summed E-state index contributed by atoms with van der Waals surface area (Å²) >= 11 is 1.36. The molecule has 0 spiro atoms. The summed E-state index contributed by atoms with van der Waals surface area (Å²) in [5.74, 6) is 0.544. The third kappa shape index (κ3) is 4.19. The summed E-state index contributed by atoms with van der Waals surface area (Å²) in [6, 6.07) is 14.9. The number of fused-ring (bicyclic) bond motifs is 1. The molecule has 1 unspecified atom stereocenters. The molecular weight excluding hydrogens is 392 g/mol. The van der Waals surface area contributed by atoms with Crippen LogP contribution < -0.4 is 10.1 Å². The first-order valence-electron chi connectivity index (χ1n) is 8.89. The van der Waals surface area contributed by atoms with Gasteiger partial charge in [0, 0.05) is 19.4 Å². The maximum atomic E-state index is 11.9. The molecular formula is C20H18N4O4S. The summed E-state index contributed by atoms with van der Waals surface area (Å²) < 4.78 is 12.5. The number of amides is 2. The van der Waals surface area contributed by atoms with Crippen molar-refractivity contribution < 1.29 is 19.1 Å². The molecule has 0 saturated heterocycles. The molecule has 1 atom stereocenters. The second kappa shape index (κ2) is 7.88. The number of carbonyl (C=O) groups is 2. The van der Waals surface area contributed by atoms with Crippen LogP contribution in [0.25, 0.3) is 10.2 Å². The Bertz CT molecular complexity index is 1100. The minimum absolute atomic E-state index is 0.0793. The Morgan fingerprint density at radius 3 is 2.72 bits per heavy atom. The molecule has 0 saturated carbocycles. The molecule has 4 rings (SSSR count). The van der Waals surface area contributed by atoms with Crippen molar-refractivity contribution in [1.29, 1.82) is 0 Å². The molecule has 0 fully saturated rings. The zero-order valence-electron chi connectivity index (χ0n) is 15.8. The third-order valence-corrected chi connectivity index (χ3v) is 5.04. The van der Waals surface area contributed by atoms with Crippen LogP contribution in [0.4, 0.5) is 5.13 Å². The molecule has 1 aromatic heterocycles. The van der Waals surface area contributed by atoms with Gasteiger partial charge in [-0.15, -0.1) is 5.10 Å². The molecule has 0 bridgehead atoms. The monoisotopic (exact) mass is 410 g/mol. The van der Waals surface area contributed by atoms with Gasteiger partial charge in [0.1, 0.15) is 5.75 Å². The van der Waals surface area contributed by atoms with E-state index in [1.807, 2.05) is 42.5 Å². The average molecular weight is 410 g/mol. The van der Waals surface area contributed by atoms with Gasteiger partial charge in [-0.25, -0.2) is 4.98 Å². The minimum Gasteiger partial charge on any atom is -0.484 e. The van der Waals surface area contributed by atoms with Crippen LogP contribution in [-0.4, -0.2) is 34.3 Å². The van der Waals surface area contributed by atoms with E-state index in [0.29, 0.717) is 16.8 Å². The molecule has 3 aromatic rings. The second-order valence-electron chi connectivity index (χ2n) is 6.36. The SMILES string of the molecule is CC(=O)Nc1nc2ccc(OCC3=NN(C(C)=O)C(c4ccccc4)O3)cc2s1. The lowest BCUT2D eigenvalue weighted by atomic mass is 10.2. The molecule has 2 amide bonds. The quantitative estimate of drug-likeness (QED) is 0.695. The van der Waals surface area contributed by atoms with Gasteiger partial charge in [-0.3, -0.25) is 9.59 Å². The summed E-state index contributed by atoms with van der Waals surface area (Å²) in [6.45, 7) is 2.96. The maximum Gasteiger partial charge on any atom is 0.247 e. The lowest BCUT2D eigenvalue weighted by molar-refractivity contribution is -0.135. The molecule has 2 aromatic carbocycles. The highest BCUT2D eigenvalue weighted by atomic mass is 32.1. The van der Waals surface area contributed by atoms with Crippen molar-refractivity contribution in [3.8, 4) is 5.75 Å². The van der Waals surface area contributed by atoms with Crippen molar-refractivity contribution in [2.45, 2.75) is 20.1 Å². The van der Waals surface area contributed by atoms with Crippen LogP contribution in [0.1, 0.15) is 25.6 Å². The fourth-order valence-electron chi connectivity index (χ4n) is 2.84. The zero-order chi connectivity index (χ0) is 20.4. The van der Waals surface area contributed by atoms with Gasteiger partial charge in [0.15, 0.2) is 11.7 Å². The van der Waals surface area contributed by atoms with Gasteiger partial charge >= 0.3 is 0 Å². The number of aromatic nitrogens is 1. The smallest absolute Gasteiger partial charge is 0.247 e. The highest BCUT2D eigenvalue weighted by molar-refractivity contribution is 7.22. The van der Waals surface area contributed by atoms with Crippen LogP contribution in [0.5, 0.6) is 5.75 Å². The summed E-state index contributed by atoms with van der Waals surface area (Å²) in [7, 11) is 0. The van der Waals surface area contributed by atoms with Crippen molar-refractivity contribution in [2.24, 2.45) is 5.10 Å². The largest absolute Gasteiger partial charge is 0.484 e. The van der Waals surface area contributed by atoms with E-state index in [1.165, 1.54) is 30.2 Å². The number of hydrogen-bond donors (Lipinski definition) is 1. The number of hydrazone groups is 1. The number of nitrogens with one attached hydrogen (secondary N) is 1. The number of carbonyl (C=O) groups excluding carboxylic acids is 2. The lowest BCUT2D eigenvalue weighted by Crippen LogP contribution is -2.25. The van der Waals surface area contributed by atoms with Gasteiger partial charge in [0.05, 0.1) is 10.2 Å². The maximum absolute atomic E-state index is 11.9. The predicted octanol–water partition coefficient (Wildman–Crippen LogP) is 3.52. The van der Waals surface area contributed by atoms with E-state index in [9.17, 15) is 9.59 Å². The van der Waals surface area contributed by atoms with Crippen molar-refractivity contribution in [2.75, 3.05) is 11.9 Å². The van der Waals surface area contributed by atoms with E-state index in [-0.39, 0.29) is 18.4 Å². The minimum atomic E-state index is -0.600. The fraction of sp³-hybridized carbons (Fsp3) is 0.200. The Morgan fingerprint density at radius 1 is 1.21 bits per heavy atom. The molecule has 1 N–H and O–H groups in total. The summed E-state index contributed by atoms with van der Waals surface area (Å²) in [6.07, 6.45) is -0.600. The van der Waals surface area contributed by atoms with E-state index in [2.05, 4.69) is 15.4 Å². The fourth-order valence-corrected chi connectivity index (χ4v) is 3.78. The Hall–Kier alpha value is -3.46. The number of ether oxygens (including phenoxy) is 2. The highest BCUT2D eigenvalue weighted by Crippen LogP contribution is 2.30. The Balaban J connectivity index is 1.46. The number of thiazole rings is 1. The van der Waals surface area contributed by atoms with Gasteiger partial charge in [0.2, 0.25) is 23.9 Å². The molecule has 8 nitrogen and oxygen atoms in total. The number of anilines is 1. The van der Waals surface area contributed by atoms with E-state index < -0.39 is 6.23 Å². The van der Waals surface area contributed by atoms with E-state index >= 15 is 0 Å². The molecule has 148 valence electrons. The number of nitrogens with zero attached hydrogens (tertiary/aromatic N) is 3. The van der Waals surface area contributed by atoms with Crippen molar-refractivity contribution in [1.82, 2.24) is 9.99 Å². The number of benzene rings is 2. The van der Waals surface area contributed by atoms with Crippen molar-refractivity contribution >= 4 is 44.4 Å². The Morgan fingerprint density at radius 2 is 2.00 bits per heavy atom. The zero-order valence-corrected chi connectivity index (χ0v) is 16.6. The average Bonchev–Trinajstić information content (AvgIpc) is 3.29. The predicted molar refractivity (Wildman–Crippen MR) is 110 cm³/mol. The van der Waals surface area contributed by atoms with Crippen molar-refractivity contribution in [3.63, 3.8) is 0 Å². The van der Waals surface area contributed by atoms with Crippen LogP contribution in [0.15, 0.2) is 53.6 Å². The molecule has 1 aliphatic heterocycles.